The minimum Gasteiger partial charge on any atom is -0.462 e. The summed E-state index contributed by atoms with van der Waals surface area (Å²) in [6, 6.07) is 0. The molecule has 0 aromatic heterocycles. The molecule has 0 fully saturated rings. The summed E-state index contributed by atoms with van der Waals surface area (Å²) in [4.78, 5) is 35.1. The highest BCUT2D eigenvalue weighted by atomic mass is 31.2. The number of aliphatic hydroxyl groups is 2. The van der Waals surface area contributed by atoms with E-state index in [0.717, 1.165) is 64.2 Å². The molecule has 10 nitrogen and oxygen atoms in total. The lowest BCUT2D eigenvalue weighted by Gasteiger charge is -2.20. The van der Waals surface area contributed by atoms with Crippen molar-refractivity contribution in [1.29, 1.82) is 0 Å². The van der Waals surface area contributed by atoms with Gasteiger partial charge in [-0.15, -0.1) is 0 Å². The molecule has 0 aliphatic rings. The topological polar surface area (TPSA) is 149 Å². The van der Waals surface area contributed by atoms with E-state index in [1.54, 1.807) is 0 Å². The van der Waals surface area contributed by atoms with Crippen molar-refractivity contribution < 1.29 is 47.8 Å². The molecule has 0 aliphatic heterocycles. The van der Waals surface area contributed by atoms with Gasteiger partial charge in [-0.05, 0) is 70.6 Å². The van der Waals surface area contributed by atoms with Crippen molar-refractivity contribution in [3.63, 3.8) is 0 Å². The minimum atomic E-state index is -4.63. The molecule has 61 heavy (non-hydrogen) atoms. The average Bonchev–Trinajstić information content (AvgIpc) is 3.25. The van der Waals surface area contributed by atoms with Gasteiger partial charge in [0.15, 0.2) is 6.10 Å². The van der Waals surface area contributed by atoms with Gasteiger partial charge in [0.05, 0.1) is 19.8 Å². The zero-order valence-corrected chi connectivity index (χ0v) is 40.0. The fourth-order valence-corrected chi connectivity index (χ4v) is 7.68. The molecule has 0 aromatic carbocycles. The van der Waals surface area contributed by atoms with Crippen molar-refractivity contribution in [2.45, 2.75) is 244 Å². The van der Waals surface area contributed by atoms with Gasteiger partial charge in [-0.2, -0.15) is 0 Å². The van der Waals surface area contributed by atoms with E-state index >= 15 is 0 Å². The van der Waals surface area contributed by atoms with Crippen LogP contribution in [0.1, 0.15) is 232 Å². The van der Waals surface area contributed by atoms with E-state index in [1.807, 2.05) is 0 Å². The second kappa shape index (κ2) is 46.2. The molecule has 0 aliphatic carbocycles. The normalized spacial score (nSPS) is 14.0. The SMILES string of the molecule is CCCCCCCC/C=C/CCCCCCCC(=O)O[C@@H](COC(=O)CCC/C=C/CC/C=C/CCCCCCCCCCCCCCCC)COP(=O)(O)OC[C@H](O)CO. The number of hydrogen-bond donors (Lipinski definition) is 3. The number of allylic oxidation sites excluding steroid dienone is 6. The predicted molar refractivity (Wildman–Crippen MR) is 251 cm³/mol. The van der Waals surface area contributed by atoms with Crippen LogP contribution >= 0.6 is 7.82 Å². The standard InChI is InChI=1S/C50H93O10P/c1-3-5-7-9-11-13-15-17-19-20-21-22-23-24-25-26-28-29-31-33-35-37-39-41-49(53)57-45-48(46-59-61(55,56)58-44-47(52)43-51)60-50(54)42-40-38-36-34-32-30-27-18-16-14-12-10-8-6-4-2/h18,26-28,33,35,47-48,51-52H,3-17,19-25,29-32,34,36-46H2,1-2H3,(H,55,56)/b27-18+,28-26+,35-33+/t47-,48+/m1/s1. The Morgan fingerprint density at radius 3 is 1.28 bits per heavy atom. The van der Waals surface area contributed by atoms with Crippen LogP contribution in [0.5, 0.6) is 0 Å². The van der Waals surface area contributed by atoms with E-state index in [0.29, 0.717) is 12.8 Å². The Kier molecular flexibility index (Phi) is 44.8. The van der Waals surface area contributed by atoms with Crippen LogP contribution in [0, 0.1) is 0 Å². The smallest absolute Gasteiger partial charge is 0.462 e. The number of carbonyl (C=O) groups excluding carboxylic acids is 2. The first kappa shape index (κ1) is 59.2. The first-order valence-corrected chi connectivity index (χ1v) is 26.4. The highest BCUT2D eigenvalue weighted by Gasteiger charge is 2.27. The summed E-state index contributed by atoms with van der Waals surface area (Å²) in [5, 5.41) is 18.4. The predicted octanol–water partition coefficient (Wildman–Crippen LogP) is 13.9. The van der Waals surface area contributed by atoms with E-state index in [-0.39, 0.29) is 19.4 Å². The van der Waals surface area contributed by atoms with Crippen molar-refractivity contribution in [3.8, 4) is 0 Å². The number of carbonyl (C=O) groups is 2. The quantitative estimate of drug-likeness (QED) is 0.0233. The molecule has 0 bridgehead atoms. The molecule has 3 atom stereocenters. The molecule has 0 saturated carbocycles. The Labute approximate surface area is 373 Å². The zero-order chi connectivity index (χ0) is 44.8. The molecule has 0 radical (unpaired) electrons. The first-order chi connectivity index (χ1) is 29.7. The van der Waals surface area contributed by atoms with Crippen LogP contribution in [0.25, 0.3) is 0 Å². The maximum absolute atomic E-state index is 12.6. The van der Waals surface area contributed by atoms with Crippen LogP contribution in [-0.2, 0) is 32.7 Å². The Hall–Kier alpha value is -1.81. The van der Waals surface area contributed by atoms with E-state index in [1.165, 1.54) is 128 Å². The van der Waals surface area contributed by atoms with Gasteiger partial charge in [0.1, 0.15) is 12.7 Å². The summed E-state index contributed by atoms with van der Waals surface area (Å²) in [6.45, 7) is 2.35. The van der Waals surface area contributed by atoms with Gasteiger partial charge in [0.25, 0.3) is 0 Å². The highest BCUT2D eigenvalue weighted by Crippen LogP contribution is 2.43. The van der Waals surface area contributed by atoms with E-state index in [9.17, 15) is 24.2 Å². The Morgan fingerprint density at radius 2 is 0.836 bits per heavy atom. The van der Waals surface area contributed by atoms with Gasteiger partial charge in [0.2, 0.25) is 0 Å². The van der Waals surface area contributed by atoms with Gasteiger partial charge in [-0.25, -0.2) is 4.57 Å². The van der Waals surface area contributed by atoms with E-state index < -0.39 is 51.8 Å². The highest BCUT2D eigenvalue weighted by molar-refractivity contribution is 7.47. The maximum atomic E-state index is 12.6. The van der Waals surface area contributed by atoms with Gasteiger partial charge < -0.3 is 24.6 Å². The summed E-state index contributed by atoms with van der Waals surface area (Å²) in [6.07, 6.45) is 49.9. The van der Waals surface area contributed by atoms with Crippen LogP contribution < -0.4 is 0 Å². The molecule has 1 unspecified atom stereocenters. The number of unbranched alkanes of at least 4 members (excludes halogenated alkanes) is 27. The zero-order valence-electron chi connectivity index (χ0n) is 39.1. The fourth-order valence-electron chi connectivity index (χ4n) is 6.89. The Morgan fingerprint density at radius 1 is 0.475 bits per heavy atom. The van der Waals surface area contributed by atoms with Crippen LogP contribution in [0.2, 0.25) is 0 Å². The summed E-state index contributed by atoms with van der Waals surface area (Å²) < 4.78 is 32.8. The lowest BCUT2D eigenvalue weighted by molar-refractivity contribution is -0.161. The van der Waals surface area contributed by atoms with Crippen LogP contribution in [0.15, 0.2) is 36.5 Å². The average molecular weight is 885 g/mol. The van der Waals surface area contributed by atoms with Gasteiger partial charge in [-0.1, -0.05) is 185 Å². The molecular weight excluding hydrogens is 792 g/mol. The van der Waals surface area contributed by atoms with Crippen LogP contribution in [0.4, 0.5) is 0 Å². The maximum Gasteiger partial charge on any atom is 0.472 e. The largest absolute Gasteiger partial charge is 0.472 e. The number of ether oxygens (including phenoxy) is 2. The van der Waals surface area contributed by atoms with E-state index in [2.05, 4.69) is 50.3 Å². The molecule has 11 heteroatoms. The van der Waals surface area contributed by atoms with Crippen molar-refractivity contribution in [2.75, 3.05) is 26.4 Å². The molecule has 3 N–H and O–H groups in total. The summed E-state index contributed by atoms with van der Waals surface area (Å²) in [5.74, 6) is -0.978. The molecule has 0 amide bonds. The van der Waals surface area contributed by atoms with E-state index in [4.69, 9.17) is 23.6 Å². The number of rotatable bonds is 47. The summed E-state index contributed by atoms with van der Waals surface area (Å²) in [7, 11) is -4.63. The van der Waals surface area contributed by atoms with Crippen molar-refractivity contribution in [1.82, 2.24) is 0 Å². The second-order valence-corrected chi connectivity index (χ2v) is 18.3. The number of esters is 2. The van der Waals surface area contributed by atoms with Crippen molar-refractivity contribution >= 4 is 19.8 Å². The van der Waals surface area contributed by atoms with Gasteiger partial charge in [-0.3, -0.25) is 18.6 Å². The molecule has 0 heterocycles. The molecular formula is C50H93O10P. The lowest BCUT2D eigenvalue weighted by atomic mass is 10.0. The molecule has 358 valence electrons. The number of aliphatic hydroxyl groups excluding tert-OH is 2. The molecule has 0 saturated heterocycles. The lowest BCUT2D eigenvalue weighted by Crippen LogP contribution is -2.29. The third-order valence-electron chi connectivity index (χ3n) is 10.7. The number of hydrogen-bond acceptors (Lipinski definition) is 9. The van der Waals surface area contributed by atoms with Crippen LogP contribution in [-0.4, -0.2) is 65.7 Å². The Balaban J connectivity index is 4.22. The van der Waals surface area contributed by atoms with Crippen LogP contribution in [0.3, 0.4) is 0 Å². The monoisotopic (exact) mass is 885 g/mol. The number of phosphoric ester groups is 1. The summed E-state index contributed by atoms with van der Waals surface area (Å²) in [5.41, 5.74) is 0. The van der Waals surface area contributed by atoms with Crippen molar-refractivity contribution in [2.24, 2.45) is 0 Å². The molecule has 0 spiro atoms. The van der Waals surface area contributed by atoms with Gasteiger partial charge in [0, 0.05) is 12.8 Å². The molecule has 0 aromatic rings. The fraction of sp³-hybridized carbons (Fsp3) is 0.840. The Bertz CT molecular complexity index is 1110. The minimum absolute atomic E-state index is 0.167. The van der Waals surface area contributed by atoms with Gasteiger partial charge >= 0.3 is 19.8 Å². The second-order valence-electron chi connectivity index (χ2n) is 16.8. The summed E-state index contributed by atoms with van der Waals surface area (Å²) >= 11 is 0. The first-order valence-electron chi connectivity index (χ1n) is 24.9. The third kappa shape index (κ3) is 46.0. The van der Waals surface area contributed by atoms with Crippen molar-refractivity contribution in [3.05, 3.63) is 36.5 Å². The molecule has 0 rings (SSSR count). The number of phosphoric acid groups is 1. The third-order valence-corrected chi connectivity index (χ3v) is 11.7.